The number of benzene rings is 1. The molecule has 3 rings (SSSR count). The van der Waals surface area contributed by atoms with Gasteiger partial charge in [0.15, 0.2) is 0 Å². The molecule has 2 heterocycles. The molecule has 6 nitrogen and oxygen atoms in total. The standard InChI is InChI=1S/C24H36N4O2/c1-5-6-11-24(29)25(2)18-20-12-13-21(26(20)3)19-27-14-16-28(17-15-27)22-9-7-8-10-23(22)30-4/h7-10,12-13H,5-6,11,14-19H2,1-4H3. The van der Waals surface area contributed by atoms with Crippen LogP contribution in [0.25, 0.3) is 0 Å². The number of para-hydroxylation sites is 2. The molecule has 30 heavy (non-hydrogen) atoms. The molecule has 164 valence electrons. The monoisotopic (exact) mass is 412 g/mol. The topological polar surface area (TPSA) is 41.0 Å². The molecule has 1 aliphatic rings. The van der Waals surface area contributed by atoms with Crippen molar-refractivity contribution in [1.29, 1.82) is 0 Å². The number of unbranched alkanes of at least 4 members (excludes halogenated alkanes) is 1. The number of ether oxygens (including phenoxy) is 1. The van der Waals surface area contributed by atoms with Crippen LogP contribution in [0.2, 0.25) is 0 Å². The van der Waals surface area contributed by atoms with Crippen LogP contribution in [0.15, 0.2) is 36.4 Å². The number of carbonyl (C=O) groups is 1. The van der Waals surface area contributed by atoms with Gasteiger partial charge in [-0.3, -0.25) is 9.69 Å². The van der Waals surface area contributed by atoms with Crippen molar-refractivity contribution < 1.29 is 9.53 Å². The molecule has 1 aromatic heterocycles. The summed E-state index contributed by atoms with van der Waals surface area (Å²) in [5.74, 6) is 1.17. The molecule has 0 spiro atoms. The van der Waals surface area contributed by atoms with E-state index in [1.807, 2.05) is 24.1 Å². The molecule has 0 N–H and O–H groups in total. The van der Waals surface area contributed by atoms with Crippen LogP contribution >= 0.6 is 0 Å². The molecule has 0 atom stereocenters. The molecule has 1 amide bonds. The zero-order chi connectivity index (χ0) is 21.5. The summed E-state index contributed by atoms with van der Waals surface area (Å²) in [4.78, 5) is 19.0. The minimum atomic E-state index is 0.229. The largest absolute Gasteiger partial charge is 0.495 e. The van der Waals surface area contributed by atoms with Gasteiger partial charge in [0.05, 0.1) is 19.3 Å². The van der Waals surface area contributed by atoms with Crippen LogP contribution in [0, 0.1) is 0 Å². The quantitative estimate of drug-likeness (QED) is 0.632. The summed E-state index contributed by atoms with van der Waals surface area (Å²) in [5, 5.41) is 0. The summed E-state index contributed by atoms with van der Waals surface area (Å²) in [6.07, 6.45) is 2.65. The lowest BCUT2D eigenvalue weighted by Crippen LogP contribution is -2.46. The third kappa shape index (κ3) is 5.36. The van der Waals surface area contributed by atoms with E-state index in [4.69, 9.17) is 4.74 Å². The van der Waals surface area contributed by atoms with Crippen LogP contribution in [0.5, 0.6) is 5.75 Å². The van der Waals surface area contributed by atoms with E-state index in [1.165, 1.54) is 17.1 Å². The Morgan fingerprint density at radius 1 is 1.07 bits per heavy atom. The second kappa shape index (κ2) is 10.5. The van der Waals surface area contributed by atoms with Gasteiger partial charge in [0, 0.05) is 64.6 Å². The van der Waals surface area contributed by atoms with E-state index in [2.05, 4.69) is 52.6 Å². The molecule has 1 fully saturated rings. The van der Waals surface area contributed by atoms with E-state index in [0.717, 1.165) is 51.3 Å². The smallest absolute Gasteiger partial charge is 0.222 e. The second-order valence-electron chi connectivity index (χ2n) is 8.16. The SMILES string of the molecule is CCCCC(=O)N(C)Cc1ccc(CN2CCN(c3ccccc3OC)CC2)n1C. The van der Waals surface area contributed by atoms with Crippen molar-refractivity contribution in [3.8, 4) is 5.75 Å². The van der Waals surface area contributed by atoms with Crippen molar-refractivity contribution in [2.24, 2.45) is 7.05 Å². The molecular weight excluding hydrogens is 376 g/mol. The van der Waals surface area contributed by atoms with Gasteiger partial charge in [-0.2, -0.15) is 0 Å². The number of rotatable bonds is 9. The summed E-state index contributed by atoms with van der Waals surface area (Å²) in [7, 11) is 5.75. The Hall–Kier alpha value is -2.47. The summed E-state index contributed by atoms with van der Waals surface area (Å²) < 4.78 is 7.77. The van der Waals surface area contributed by atoms with Crippen LogP contribution in [0.1, 0.15) is 37.6 Å². The molecule has 0 saturated carbocycles. The van der Waals surface area contributed by atoms with Crippen LogP contribution in [0.3, 0.4) is 0 Å². The van der Waals surface area contributed by atoms with E-state index in [1.54, 1.807) is 7.11 Å². The highest BCUT2D eigenvalue weighted by Crippen LogP contribution is 2.28. The van der Waals surface area contributed by atoms with Gasteiger partial charge in [-0.1, -0.05) is 25.5 Å². The Morgan fingerprint density at radius 3 is 2.47 bits per heavy atom. The van der Waals surface area contributed by atoms with Crippen molar-refractivity contribution in [2.75, 3.05) is 45.2 Å². The number of hydrogen-bond donors (Lipinski definition) is 0. The Balaban J connectivity index is 1.54. The van der Waals surface area contributed by atoms with E-state index < -0.39 is 0 Å². The number of methoxy groups -OCH3 is 1. The molecule has 1 saturated heterocycles. The van der Waals surface area contributed by atoms with Gasteiger partial charge in [-0.05, 0) is 30.7 Å². The molecule has 6 heteroatoms. The number of aromatic nitrogens is 1. The fraction of sp³-hybridized carbons (Fsp3) is 0.542. The Kier molecular flexibility index (Phi) is 7.80. The maximum atomic E-state index is 12.2. The van der Waals surface area contributed by atoms with Crippen LogP contribution in [0.4, 0.5) is 5.69 Å². The van der Waals surface area contributed by atoms with Crippen molar-refractivity contribution >= 4 is 11.6 Å². The summed E-state index contributed by atoms with van der Waals surface area (Å²) in [6.45, 7) is 7.75. The number of amides is 1. The van der Waals surface area contributed by atoms with Gasteiger partial charge in [0.1, 0.15) is 5.75 Å². The molecule has 1 aromatic carbocycles. The first-order valence-electron chi connectivity index (χ1n) is 11.0. The predicted octanol–water partition coefficient (Wildman–Crippen LogP) is 3.50. The lowest BCUT2D eigenvalue weighted by Gasteiger charge is -2.36. The average Bonchev–Trinajstić information content (AvgIpc) is 3.11. The van der Waals surface area contributed by atoms with Gasteiger partial charge in [0.2, 0.25) is 5.91 Å². The third-order valence-electron chi connectivity index (χ3n) is 6.08. The van der Waals surface area contributed by atoms with E-state index in [9.17, 15) is 4.79 Å². The fourth-order valence-corrected chi connectivity index (χ4v) is 4.04. The highest BCUT2D eigenvalue weighted by atomic mass is 16.5. The molecular formula is C24H36N4O2. The van der Waals surface area contributed by atoms with Crippen LogP contribution < -0.4 is 9.64 Å². The lowest BCUT2D eigenvalue weighted by molar-refractivity contribution is -0.130. The van der Waals surface area contributed by atoms with Crippen molar-refractivity contribution in [1.82, 2.24) is 14.4 Å². The first kappa shape index (κ1) is 22.2. The lowest BCUT2D eigenvalue weighted by atomic mass is 10.2. The Labute approximate surface area is 181 Å². The van der Waals surface area contributed by atoms with Crippen molar-refractivity contribution in [3.05, 3.63) is 47.8 Å². The number of carbonyl (C=O) groups excluding carboxylic acids is 1. The highest BCUT2D eigenvalue weighted by molar-refractivity contribution is 5.75. The molecule has 2 aromatic rings. The molecule has 0 aliphatic carbocycles. The summed E-state index contributed by atoms with van der Waals surface area (Å²) in [6, 6.07) is 12.6. The first-order chi connectivity index (χ1) is 14.5. The van der Waals surface area contributed by atoms with E-state index in [-0.39, 0.29) is 5.91 Å². The number of anilines is 1. The van der Waals surface area contributed by atoms with Crippen molar-refractivity contribution in [3.63, 3.8) is 0 Å². The molecule has 0 bridgehead atoms. The zero-order valence-electron chi connectivity index (χ0n) is 18.9. The number of nitrogens with zero attached hydrogens (tertiary/aromatic N) is 4. The van der Waals surface area contributed by atoms with Gasteiger partial charge in [0.25, 0.3) is 0 Å². The van der Waals surface area contributed by atoms with Crippen LogP contribution in [-0.2, 0) is 24.9 Å². The van der Waals surface area contributed by atoms with E-state index >= 15 is 0 Å². The maximum absolute atomic E-state index is 12.2. The Morgan fingerprint density at radius 2 is 1.77 bits per heavy atom. The highest BCUT2D eigenvalue weighted by Gasteiger charge is 2.21. The second-order valence-corrected chi connectivity index (χ2v) is 8.16. The summed E-state index contributed by atoms with van der Waals surface area (Å²) >= 11 is 0. The fourth-order valence-electron chi connectivity index (χ4n) is 4.04. The van der Waals surface area contributed by atoms with Crippen molar-refractivity contribution in [2.45, 2.75) is 39.3 Å². The minimum absolute atomic E-state index is 0.229. The zero-order valence-corrected chi connectivity index (χ0v) is 18.9. The normalized spacial score (nSPS) is 14.7. The van der Waals surface area contributed by atoms with Gasteiger partial charge in [-0.25, -0.2) is 0 Å². The first-order valence-corrected chi connectivity index (χ1v) is 11.0. The van der Waals surface area contributed by atoms with E-state index in [0.29, 0.717) is 13.0 Å². The predicted molar refractivity (Wildman–Crippen MR) is 122 cm³/mol. The average molecular weight is 413 g/mol. The van der Waals surface area contributed by atoms with Gasteiger partial charge < -0.3 is 19.1 Å². The maximum Gasteiger partial charge on any atom is 0.222 e. The van der Waals surface area contributed by atoms with Gasteiger partial charge in [-0.15, -0.1) is 0 Å². The summed E-state index contributed by atoms with van der Waals surface area (Å²) in [5.41, 5.74) is 3.66. The van der Waals surface area contributed by atoms with Gasteiger partial charge >= 0.3 is 0 Å². The Bertz CT molecular complexity index is 824. The minimum Gasteiger partial charge on any atom is -0.495 e. The third-order valence-corrected chi connectivity index (χ3v) is 6.08. The number of hydrogen-bond acceptors (Lipinski definition) is 4. The molecule has 0 radical (unpaired) electrons. The number of piperazine rings is 1. The van der Waals surface area contributed by atoms with Crippen LogP contribution in [-0.4, -0.2) is 60.6 Å². The molecule has 1 aliphatic heterocycles. The molecule has 0 unspecified atom stereocenters.